The van der Waals surface area contributed by atoms with E-state index in [1.807, 2.05) is 0 Å². The largest absolute Gasteiger partial charge is 0.303 e. The van der Waals surface area contributed by atoms with E-state index < -0.39 is 0 Å². The number of halogens is 1. The Kier molecular flexibility index (Phi) is 6.73. The normalized spacial score (nSPS) is 35.5. The number of hydrogen-bond donors (Lipinski definition) is 0. The van der Waals surface area contributed by atoms with Crippen LogP contribution in [0.2, 0.25) is 0 Å². The van der Waals surface area contributed by atoms with Gasteiger partial charge < -0.3 is 4.90 Å². The molecule has 1 aromatic carbocycles. The summed E-state index contributed by atoms with van der Waals surface area (Å²) in [5, 5.41) is 0. The first kappa shape index (κ1) is 20.7. The van der Waals surface area contributed by atoms with E-state index in [2.05, 4.69) is 35.2 Å². The highest BCUT2D eigenvalue weighted by Gasteiger charge is 2.54. The number of piperidine rings is 1. The number of nitrogens with zero attached hydrogens (tertiary/aromatic N) is 1. The monoisotopic (exact) mass is 401 g/mol. The van der Waals surface area contributed by atoms with Crippen molar-refractivity contribution in [3.05, 3.63) is 35.9 Å². The van der Waals surface area contributed by atoms with Crippen molar-refractivity contribution in [2.45, 2.75) is 83.0 Å². The van der Waals surface area contributed by atoms with Gasteiger partial charge in [-0.2, -0.15) is 0 Å². The van der Waals surface area contributed by atoms with E-state index in [0.29, 0.717) is 5.41 Å². The Bertz CT molecular complexity index is 571. The number of benzene rings is 1. The molecule has 4 aliphatic carbocycles. The van der Waals surface area contributed by atoms with Gasteiger partial charge in [-0.3, -0.25) is 0 Å². The molecular formula is C26H40ClN. The Morgan fingerprint density at radius 2 is 1.43 bits per heavy atom. The van der Waals surface area contributed by atoms with Crippen LogP contribution in [0.4, 0.5) is 0 Å². The molecule has 0 radical (unpaired) electrons. The molecule has 1 nitrogen and oxygen atoms in total. The smallest absolute Gasteiger partial charge is 0.00187 e. The standard InChI is InChI=1S/C26H39N.ClH/c1-3-9-24(10-4-1)25(11-5-8-14-27-12-6-2-7-13-27)26-18-21-15-22(19-26)17-23(16-21)20-26;/h1,3-4,9-10,21-23,25H,2,5-8,11-20H2;1H. The fraction of sp³-hybridized carbons (Fsp3) is 0.769. The summed E-state index contributed by atoms with van der Waals surface area (Å²) in [5.74, 6) is 4.02. The van der Waals surface area contributed by atoms with Crippen LogP contribution in [0.15, 0.2) is 30.3 Å². The van der Waals surface area contributed by atoms with Gasteiger partial charge in [0.2, 0.25) is 0 Å². The summed E-state index contributed by atoms with van der Waals surface area (Å²) >= 11 is 0. The van der Waals surface area contributed by atoms with Crippen molar-refractivity contribution in [1.29, 1.82) is 0 Å². The molecule has 156 valence electrons. The van der Waals surface area contributed by atoms with Crippen LogP contribution in [-0.4, -0.2) is 24.5 Å². The maximum Gasteiger partial charge on any atom is -0.00187 e. The zero-order chi connectivity index (χ0) is 18.1. The lowest BCUT2D eigenvalue weighted by Crippen LogP contribution is -2.48. The maximum absolute atomic E-state index is 2.73. The predicted octanol–water partition coefficient (Wildman–Crippen LogP) is 7.06. The molecule has 1 atom stereocenters. The molecule has 0 N–H and O–H groups in total. The predicted molar refractivity (Wildman–Crippen MR) is 121 cm³/mol. The lowest BCUT2D eigenvalue weighted by molar-refractivity contribution is -0.0705. The van der Waals surface area contributed by atoms with Gasteiger partial charge in [-0.25, -0.2) is 0 Å². The van der Waals surface area contributed by atoms with Gasteiger partial charge in [-0.1, -0.05) is 43.2 Å². The van der Waals surface area contributed by atoms with Crippen LogP contribution in [0.25, 0.3) is 0 Å². The highest BCUT2D eigenvalue weighted by Crippen LogP contribution is 2.65. The molecule has 5 aliphatic rings. The van der Waals surface area contributed by atoms with Gasteiger partial charge in [0.1, 0.15) is 0 Å². The fourth-order valence-electron chi connectivity index (χ4n) is 7.98. The molecular weight excluding hydrogens is 362 g/mol. The van der Waals surface area contributed by atoms with Crippen molar-refractivity contribution < 1.29 is 0 Å². The Hall–Kier alpha value is -0.530. The topological polar surface area (TPSA) is 3.24 Å². The first-order valence-corrected chi connectivity index (χ1v) is 12.1. The Labute approximate surface area is 179 Å². The SMILES string of the molecule is Cl.c1ccc(C(CCCCN2CCCCC2)C23CC4CC(CC(C4)C2)C3)cc1. The van der Waals surface area contributed by atoms with Crippen LogP contribution in [0.3, 0.4) is 0 Å². The summed E-state index contributed by atoms with van der Waals surface area (Å²) in [5.41, 5.74) is 2.32. The maximum atomic E-state index is 2.73. The molecule has 2 heteroatoms. The summed E-state index contributed by atoms with van der Waals surface area (Å²) in [6, 6.07) is 11.7. The van der Waals surface area contributed by atoms with Crippen LogP contribution in [0, 0.1) is 23.2 Å². The minimum Gasteiger partial charge on any atom is -0.303 e. The van der Waals surface area contributed by atoms with Crippen LogP contribution in [0.5, 0.6) is 0 Å². The molecule has 1 unspecified atom stereocenters. The van der Waals surface area contributed by atoms with E-state index in [1.165, 1.54) is 58.2 Å². The van der Waals surface area contributed by atoms with Crippen molar-refractivity contribution >= 4 is 12.4 Å². The number of unbranched alkanes of at least 4 members (excludes halogenated alkanes) is 1. The average Bonchev–Trinajstić information content (AvgIpc) is 2.68. The number of hydrogen-bond acceptors (Lipinski definition) is 1. The minimum atomic E-state index is 0. The summed E-state index contributed by atoms with van der Waals surface area (Å²) in [4.78, 5) is 2.73. The van der Waals surface area contributed by atoms with Gasteiger partial charge in [0.25, 0.3) is 0 Å². The van der Waals surface area contributed by atoms with E-state index >= 15 is 0 Å². The summed E-state index contributed by atoms with van der Waals surface area (Å²) in [7, 11) is 0. The zero-order valence-electron chi connectivity index (χ0n) is 17.7. The molecule has 1 saturated heterocycles. The molecule has 5 fully saturated rings. The van der Waals surface area contributed by atoms with E-state index in [4.69, 9.17) is 0 Å². The van der Waals surface area contributed by atoms with Crippen molar-refractivity contribution in [2.24, 2.45) is 23.2 Å². The molecule has 0 spiro atoms. The summed E-state index contributed by atoms with van der Waals surface area (Å²) in [6.45, 7) is 4.07. The molecule has 0 amide bonds. The van der Waals surface area contributed by atoms with E-state index in [9.17, 15) is 0 Å². The first-order chi connectivity index (χ1) is 13.3. The molecule has 1 aromatic rings. The summed E-state index contributed by atoms with van der Waals surface area (Å²) < 4.78 is 0. The zero-order valence-corrected chi connectivity index (χ0v) is 18.5. The third-order valence-corrected chi connectivity index (χ3v) is 8.69. The second-order valence-electron chi connectivity index (χ2n) is 10.6. The number of rotatable bonds is 7. The lowest BCUT2D eigenvalue weighted by Gasteiger charge is -2.60. The van der Waals surface area contributed by atoms with Crippen LogP contribution < -0.4 is 0 Å². The van der Waals surface area contributed by atoms with Crippen LogP contribution in [0.1, 0.15) is 88.5 Å². The fourth-order valence-corrected chi connectivity index (χ4v) is 7.98. The van der Waals surface area contributed by atoms with Crippen LogP contribution in [-0.2, 0) is 0 Å². The quantitative estimate of drug-likeness (QED) is 0.442. The molecule has 4 saturated carbocycles. The molecule has 1 aliphatic heterocycles. The third-order valence-electron chi connectivity index (χ3n) is 8.69. The molecule has 4 bridgehead atoms. The van der Waals surface area contributed by atoms with E-state index in [0.717, 1.165) is 23.7 Å². The van der Waals surface area contributed by atoms with E-state index in [1.54, 1.807) is 44.1 Å². The van der Waals surface area contributed by atoms with Crippen molar-refractivity contribution in [3.8, 4) is 0 Å². The molecule has 0 aromatic heterocycles. The van der Waals surface area contributed by atoms with Crippen molar-refractivity contribution in [1.82, 2.24) is 4.90 Å². The van der Waals surface area contributed by atoms with Crippen LogP contribution >= 0.6 is 12.4 Å². The van der Waals surface area contributed by atoms with Gasteiger partial charge in [-0.05, 0) is 118 Å². The second kappa shape index (κ2) is 9.09. The molecule has 6 rings (SSSR count). The molecule has 1 heterocycles. The van der Waals surface area contributed by atoms with Gasteiger partial charge in [0.05, 0.1) is 0 Å². The molecule has 28 heavy (non-hydrogen) atoms. The van der Waals surface area contributed by atoms with Gasteiger partial charge >= 0.3 is 0 Å². The Morgan fingerprint density at radius 3 is 2.04 bits per heavy atom. The number of likely N-dealkylation sites (tertiary alicyclic amines) is 1. The van der Waals surface area contributed by atoms with Gasteiger partial charge in [-0.15, -0.1) is 12.4 Å². The highest BCUT2D eigenvalue weighted by atomic mass is 35.5. The average molecular weight is 402 g/mol. The van der Waals surface area contributed by atoms with Gasteiger partial charge in [0, 0.05) is 0 Å². The Morgan fingerprint density at radius 1 is 0.821 bits per heavy atom. The highest BCUT2D eigenvalue weighted by molar-refractivity contribution is 5.85. The van der Waals surface area contributed by atoms with E-state index in [-0.39, 0.29) is 12.4 Å². The Balaban J connectivity index is 0.00000192. The lowest BCUT2D eigenvalue weighted by atomic mass is 9.45. The second-order valence-corrected chi connectivity index (χ2v) is 10.6. The van der Waals surface area contributed by atoms with Crippen molar-refractivity contribution in [3.63, 3.8) is 0 Å². The summed E-state index contributed by atoms with van der Waals surface area (Å²) in [6.07, 6.45) is 17.9. The van der Waals surface area contributed by atoms with Crippen molar-refractivity contribution in [2.75, 3.05) is 19.6 Å². The first-order valence-electron chi connectivity index (χ1n) is 12.1. The van der Waals surface area contributed by atoms with Gasteiger partial charge in [0.15, 0.2) is 0 Å². The third kappa shape index (κ3) is 4.31. The minimum absolute atomic E-state index is 0.